The molecule has 0 spiro atoms. The van der Waals surface area contributed by atoms with Gasteiger partial charge in [-0.2, -0.15) is 0 Å². The first-order valence-corrected chi connectivity index (χ1v) is 6.83. The van der Waals surface area contributed by atoms with Crippen molar-refractivity contribution >= 4 is 5.97 Å². The van der Waals surface area contributed by atoms with Crippen molar-refractivity contribution in [2.24, 2.45) is 5.41 Å². The Labute approximate surface area is 110 Å². The highest BCUT2D eigenvalue weighted by Crippen LogP contribution is 2.35. The maximum Gasteiger partial charge on any atom is 0.337 e. The van der Waals surface area contributed by atoms with Crippen LogP contribution in [0.15, 0.2) is 0 Å². The van der Waals surface area contributed by atoms with Crippen molar-refractivity contribution in [2.75, 3.05) is 7.11 Å². The summed E-state index contributed by atoms with van der Waals surface area (Å²) in [7, 11) is 1.37. The predicted molar refractivity (Wildman–Crippen MR) is 69.2 cm³/mol. The van der Waals surface area contributed by atoms with E-state index in [-0.39, 0.29) is 29.7 Å². The number of unbranched alkanes of at least 4 members (excludes halogenated alkanes) is 1. The van der Waals surface area contributed by atoms with Gasteiger partial charge in [0.15, 0.2) is 6.10 Å². The predicted octanol–water partition coefficient (Wildman–Crippen LogP) is 2.28. The molecule has 0 aromatic carbocycles. The molecule has 106 valence electrons. The molecule has 0 aliphatic carbocycles. The fourth-order valence-corrected chi connectivity index (χ4v) is 2.15. The second-order valence-corrected chi connectivity index (χ2v) is 5.80. The Morgan fingerprint density at radius 2 is 2.17 bits per heavy atom. The van der Waals surface area contributed by atoms with E-state index in [1.807, 2.05) is 0 Å². The topological polar surface area (TPSA) is 59.1 Å². The first-order valence-electron chi connectivity index (χ1n) is 6.83. The van der Waals surface area contributed by atoms with Crippen LogP contribution in [0, 0.1) is 5.41 Å². The van der Waals surface area contributed by atoms with Gasteiger partial charge in [0.05, 0.1) is 19.3 Å². The van der Waals surface area contributed by atoms with Crippen LogP contribution in [0.2, 0.25) is 0 Å². The number of methoxy groups -OCH3 is 1. The number of ether oxygens (including phenoxy) is 2. The van der Waals surface area contributed by atoms with Gasteiger partial charge in [0, 0.05) is 0 Å². The molecular weight excluding hydrogens is 232 g/mol. The minimum absolute atomic E-state index is 0.0184. The Kier molecular flexibility index (Phi) is 5.60. The zero-order valence-corrected chi connectivity index (χ0v) is 11.9. The highest BCUT2D eigenvalue weighted by atomic mass is 16.6. The van der Waals surface area contributed by atoms with E-state index >= 15 is 0 Å². The molecule has 1 N–H and O–H groups in total. The third-order valence-corrected chi connectivity index (χ3v) is 3.82. The standard InChI is InChI=1S/C14H26O4/c1-5-6-7-11(15)14(2,3)9-8-10-12(18-10)13(16)17-4/h10-12,15H,5-9H2,1-4H3. The molecule has 4 nitrogen and oxygen atoms in total. The molecule has 3 unspecified atom stereocenters. The lowest BCUT2D eigenvalue weighted by atomic mass is 9.79. The van der Waals surface area contributed by atoms with E-state index in [4.69, 9.17) is 4.74 Å². The van der Waals surface area contributed by atoms with Gasteiger partial charge in [-0.15, -0.1) is 0 Å². The van der Waals surface area contributed by atoms with E-state index in [9.17, 15) is 9.90 Å². The van der Waals surface area contributed by atoms with Crippen LogP contribution in [-0.4, -0.2) is 36.5 Å². The lowest BCUT2D eigenvalue weighted by molar-refractivity contribution is -0.142. The zero-order valence-electron chi connectivity index (χ0n) is 11.9. The van der Waals surface area contributed by atoms with E-state index in [2.05, 4.69) is 25.5 Å². The van der Waals surface area contributed by atoms with Crippen molar-refractivity contribution < 1.29 is 19.4 Å². The summed E-state index contributed by atoms with van der Waals surface area (Å²) in [5.74, 6) is -0.288. The molecule has 0 saturated carbocycles. The summed E-state index contributed by atoms with van der Waals surface area (Å²) in [6.45, 7) is 6.27. The smallest absolute Gasteiger partial charge is 0.337 e. The molecule has 1 heterocycles. The molecule has 1 rings (SSSR count). The Morgan fingerprint density at radius 3 is 2.72 bits per heavy atom. The average molecular weight is 258 g/mol. The van der Waals surface area contributed by atoms with E-state index < -0.39 is 0 Å². The lowest BCUT2D eigenvalue weighted by Gasteiger charge is -2.30. The molecule has 0 amide bonds. The number of hydrogen-bond donors (Lipinski definition) is 1. The minimum atomic E-state index is -0.376. The van der Waals surface area contributed by atoms with Crippen LogP contribution in [0.5, 0.6) is 0 Å². The number of aliphatic hydroxyl groups excluding tert-OH is 1. The van der Waals surface area contributed by atoms with Gasteiger partial charge >= 0.3 is 5.97 Å². The quantitative estimate of drug-likeness (QED) is 0.536. The number of aliphatic hydroxyl groups is 1. The normalized spacial score (nSPS) is 24.7. The summed E-state index contributed by atoms with van der Waals surface area (Å²) in [6.07, 6.45) is 3.97. The first kappa shape index (κ1) is 15.4. The second-order valence-electron chi connectivity index (χ2n) is 5.80. The van der Waals surface area contributed by atoms with E-state index in [1.54, 1.807) is 0 Å². The van der Waals surface area contributed by atoms with Crippen molar-refractivity contribution in [2.45, 2.75) is 71.2 Å². The Bertz CT molecular complexity index is 275. The number of esters is 1. The van der Waals surface area contributed by atoms with Crippen molar-refractivity contribution in [1.82, 2.24) is 0 Å². The molecule has 3 atom stereocenters. The molecule has 0 aromatic rings. The van der Waals surface area contributed by atoms with E-state index in [0.29, 0.717) is 0 Å². The van der Waals surface area contributed by atoms with Crippen LogP contribution >= 0.6 is 0 Å². The number of carbonyl (C=O) groups is 1. The summed E-state index contributed by atoms with van der Waals surface area (Å²) in [5.41, 5.74) is -0.123. The number of rotatable bonds is 8. The maximum absolute atomic E-state index is 11.2. The van der Waals surface area contributed by atoms with Crippen molar-refractivity contribution in [1.29, 1.82) is 0 Å². The number of epoxide rings is 1. The van der Waals surface area contributed by atoms with Crippen LogP contribution in [0.25, 0.3) is 0 Å². The molecule has 1 fully saturated rings. The fraction of sp³-hybridized carbons (Fsp3) is 0.929. The molecule has 0 bridgehead atoms. The number of hydrogen-bond acceptors (Lipinski definition) is 4. The molecule has 1 saturated heterocycles. The summed E-state index contributed by atoms with van der Waals surface area (Å²) >= 11 is 0. The average Bonchev–Trinajstić information content (AvgIpc) is 3.12. The van der Waals surface area contributed by atoms with Crippen molar-refractivity contribution in [3.63, 3.8) is 0 Å². The Morgan fingerprint density at radius 1 is 1.50 bits per heavy atom. The summed E-state index contributed by atoms with van der Waals surface area (Å²) < 4.78 is 9.89. The van der Waals surface area contributed by atoms with Crippen LogP contribution < -0.4 is 0 Å². The van der Waals surface area contributed by atoms with Gasteiger partial charge in [0.1, 0.15) is 0 Å². The largest absolute Gasteiger partial charge is 0.467 e. The SMILES string of the molecule is CCCCC(O)C(C)(C)CCC1OC1C(=O)OC. The van der Waals surface area contributed by atoms with Gasteiger partial charge in [-0.05, 0) is 24.7 Å². The lowest BCUT2D eigenvalue weighted by Crippen LogP contribution is -2.29. The van der Waals surface area contributed by atoms with Gasteiger partial charge in [-0.1, -0.05) is 33.6 Å². The fourth-order valence-electron chi connectivity index (χ4n) is 2.15. The third kappa shape index (κ3) is 4.25. The van der Waals surface area contributed by atoms with Crippen LogP contribution in [0.4, 0.5) is 0 Å². The van der Waals surface area contributed by atoms with Gasteiger partial charge in [-0.25, -0.2) is 4.79 Å². The minimum Gasteiger partial charge on any atom is -0.467 e. The van der Waals surface area contributed by atoms with Gasteiger partial charge in [0.2, 0.25) is 0 Å². The molecule has 1 aliphatic heterocycles. The molecule has 4 heteroatoms. The Hall–Kier alpha value is -0.610. The first-order chi connectivity index (χ1) is 8.42. The van der Waals surface area contributed by atoms with Gasteiger partial charge in [0.25, 0.3) is 0 Å². The van der Waals surface area contributed by atoms with Gasteiger partial charge < -0.3 is 14.6 Å². The second kappa shape index (κ2) is 6.53. The third-order valence-electron chi connectivity index (χ3n) is 3.82. The molecule has 0 radical (unpaired) electrons. The van der Waals surface area contributed by atoms with E-state index in [1.165, 1.54) is 7.11 Å². The van der Waals surface area contributed by atoms with Gasteiger partial charge in [-0.3, -0.25) is 0 Å². The monoisotopic (exact) mass is 258 g/mol. The maximum atomic E-state index is 11.2. The van der Waals surface area contributed by atoms with Crippen LogP contribution in [0.3, 0.4) is 0 Å². The molecular formula is C14H26O4. The highest BCUT2D eigenvalue weighted by molar-refractivity contribution is 5.77. The molecule has 18 heavy (non-hydrogen) atoms. The summed E-state index contributed by atoms with van der Waals surface area (Å²) in [4.78, 5) is 11.2. The van der Waals surface area contributed by atoms with E-state index in [0.717, 1.165) is 32.1 Å². The van der Waals surface area contributed by atoms with Crippen molar-refractivity contribution in [3.05, 3.63) is 0 Å². The summed E-state index contributed by atoms with van der Waals surface area (Å²) in [6, 6.07) is 0. The molecule has 0 aromatic heterocycles. The zero-order chi connectivity index (χ0) is 13.8. The summed E-state index contributed by atoms with van der Waals surface area (Å²) in [5, 5.41) is 10.1. The van der Waals surface area contributed by atoms with Crippen molar-refractivity contribution in [3.8, 4) is 0 Å². The molecule has 1 aliphatic rings. The Balaban J connectivity index is 2.28. The van der Waals surface area contributed by atoms with Crippen LogP contribution in [-0.2, 0) is 14.3 Å². The highest BCUT2D eigenvalue weighted by Gasteiger charge is 2.46. The number of carbonyl (C=O) groups excluding carboxylic acids is 1. The van der Waals surface area contributed by atoms with Crippen LogP contribution in [0.1, 0.15) is 52.9 Å².